The molecule has 3 rings (SSSR count). The van der Waals surface area contributed by atoms with Crippen LogP contribution in [0.5, 0.6) is 0 Å². The summed E-state index contributed by atoms with van der Waals surface area (Å²) in [6.45, 7) is 0. The minimum absolute atomic E-state index is 1.07. The van der Waals surface area contributed by atoms with Gasteiger partial charge >= 0.3 is 0 Å². The smallest absolute Gasteiger partial charge is 0.0199 e. The van der Waals surface area contributed by atoms with Gasteiger partial charge in [-0.1, -0.05) is 81.4 Å². The molecule has 0 heterocycles. The van der Waals surface area contributed by atoms with Crippen LogP contribution in [-0.2, 0) is 0 Å². The quantitative estimate of drug-likeness (QED) is 0.450. The summed E-state index contributed by atoms with van der Waals surface area (Å²) in [7, 11) is 2.42. The van der Waals surface area contributed by atoms with E-state index in [2.05, 4.69) is 0 Å². The Labute approximate surface area is 148 Å². The summed E-state index contributed by atoms with van der Waals surface area (Å²) in [5.41, 5.74) is 2.14. The SMILES string of the molecule is C1CCCC(PC2=C(PC3CCCCCCC3)CCC2)CCC1. The highest BCUT2D eigenvalue weighted by Crippen LogP contribution is 2.52. The third kappa shape index (κ3) is 6.44. The summed E-state index contributed by atoms with van der Waals surface area (Å²) < 4.78 is 0. The lowest BCUT2D eigenvalue weighted by atomic mass is 10.0. The topological polar surface area (TPSA) is 0 Å². The molecular formula is C21H38P2. The van der Waals surface area contributed by atoms with Crippen LogP contribution in [0.25, 0.3) is 0 Å². The lowest BCUT2D eigenvalue weighted by Gasteiger charge is -2.23. The molecule has 0 spiro atoms. The van der Waals surface area contributed by atoms with Gasteiger partial charge in [0.15, 0.2) is 0 Å². The van der Waals surface area contributed by atoms with E-state index in [0.717, 1.165) is 11.3 Å². The Balaban J connectivity index is 1.54. The van der Waals surface area contributed by atoms with E-state index in [9.17, 15) is 0 Å². The van der Waals surface area contributed by atoms with Crippen molar-refractivity contribution in [2.45, 2.75) is 120 Å². The van der Waals surface area contributed by atoms with Gasteiger partial charge in [-0.15, -0.1) is 0 Å². The van der Waals surface area contributed by atoms with Gasteiger partial charge in [0.2, 0.25) is 0 Å². The lowest BCUT2D eigenvalue weighted by Crippen LogP contribution is -2.05. The summed E-state index contributed by atoms with van der Waals surface area (Å²) in [5, 5.41) is 3.96. The van der Waals surface area contributed by atoms with Gasteiger partial charge in [0.05, 0.1) is 0 Å². The van der Waals surface area contributed by atoms with Crippen molar-refractivity contribution in [3.63, 3.8) is 0 Å². The van der Waals surface area contributed by atoms with Crippen molar-refractivity contribution in [3.8, 4) is 0 Å². The zero-order valence-corrected chi connectivity index (χ0v) is 17.2. The van der Waals surface area contributed by atoms with Crippen molar-refractivity contribution in [1.82, 2.24) is 0 Å². The molecule has 0 saturated heterocycles. The molecule has 0 radical (unpaired) electrons. The van der Waals surface area contributed by atoms with Crippen LogP contribution in [0.2, 0.25) is 0 Å². The van der Waals surface area contributed by atoms with Crippen LogP contribution in [0.15, 0.2) is 10.6 Å². The van der Waals surface area contributed by atoms with Crippen LogP contribution < -0.4 is 0 Å². The van der Waals surface area contributed by atoms with E-state index in [4.69, 9.17) is 0 Å². The second kappa shape index (κ2) is 10.6. The Hall–Kier alpha value is 0.600. The van der Waals surface area contributed by atoms with Crippen LogP contribution in [0.1, 0.15) is 109 Å². The van der Waals surface area contributed by atoms with E-state index in [1.165, 1.54) is 101 Å². The van der Waals surface area contributed by atoms with Crippen molar-refractivity contribution in [2.24, 2.45) is 0 Å². The van der Waals surface area contributed by atoms with Crippen molar-refractivity contribution < 1.29 is 0 Å². The van der Waals surface area contributed by atoms with Gasteiger partial charge in [0.25, 0.3) is 0 Å². The second-order valence-corrected chi connectivity index (χ2v) is 11.6. The number of rotatable bonds is 4. The predicted octanol–water partition coefficient (Wildman–Crippen LogP) is 7.96. The first kappa shape index (κ1) is 18.4. The number of allylic oxidation sites excluding steroid dienone is 2. The molecule has 2 saturated carbocycles. The summed E-state index contributed by atoms with van der Waals surface area (Å²) in [6, 6.07) is 0. The average Bonchev–Trinajstić information content (AvgIpc) is 2.91. The first-order valence-electron chi connectivity index (χ1n) is 10.7. The molecule has 0 nitrogen and oxygen atoms in total. The van der Waals surface area contributed by atoms with Gasteiger partial charge < -0.3 is 0 Å². The van der Waals surface area contributed by atoms with Gasteiger partial charge in [-0.05, 0) is 66.9 Å². The van der Waals surface area contributed by atoms with Crippen LogP contribution in [0.4, 0.5) is 0 Å². The third-order valence-corrected chi connectivity index (χ3v) is 10.2. The molecule has 132 valence electrons. The molecule has 0 aromatic rings. The van der Waals surface area contributed by atoms with Crippen LogP contribution in [0, 0.1) is 0 Å². The highest BCUT2D eigenvalue weighted by atomic mass is 31.1. The first-order valence-corrected chi connectivity index (χ1v) is 12.8. The maximum atomic E-state index is 1.98. The standard InChI is InChI=1S/C21H38P2/c1-3-7-12-18(13-8-4-1)22-20-16-11-17-21(20)23-19-14-9-5-2-6-10-15-19/h18-19,22-23H,1-17H2. The van der Waals surface area contributed by atoms with E-state index in [1.54, 1.807) is 25.7 Å². The molecule has 0 N–H and O–H groups in total. The van der Waals surface area contributed by atoms with Crippen molar-refractivity contribution in [1.29, 1.82) is 0 Å². The fourth-order valence-corrected chi connectivity index (χ4v) is 8.81. The molecule has 0 aromatic heterocycles. The summed E-state index contributed by atoms with van der Waals surface area (Å²) in [6.07, 6.45) is 25.7. The maximum absolute atomic E-state index is 1.98. The zero-order chi connectivity index (χ0) is 15.7. The summed E-state index contributed by atoms with van der Waals surface area (Å²) in [5.74, 6) is 0. The minimum atomic E-state index is 1.07. The molecule has 2 fully saturated rings. The van der Waals surface area contributed by atoms with Crippen LogP contribution >= 0.6 is 17.2 Å². The van der Waals surface area contributed by atoms with E-state index in [-0.39, 0.29) is 0 Å². The Kier molecular flexibility index (Phi) is 8.44. The summed E-state index contributed by atoms with van der Waals surface area (Å²) in [4.78, 5) is 0. The first-order chi connectivity index (χ1) is 11.4. The highest BCUT2D eigenvalue weighted by Gasteiger charge is 2.22. The Morgan fingerprint density at radius 1 is 0.435 bits per heavy atom. The van der Waals surface area contributed by atoms with Crippen molar-refractivity contribution in [2.75, 3.05) is 0 Å². The Bertz CT molecular complexity index is 324. The third-order valence-electron chi connectivity index (χ3n) is 6.18. The largest absolute Gasteiger partial charge is 0.0913 e. The van der Waals surface area contributed by atoms with Crippen molar-refractivity contribution >= 4 is 17.2 Å². The average molecular weight is 352 g/mol. The molecule has 23 heavy (non-hydrogen) atoms. The van der Waals surface area contributed by atoms with Gasteiger partial charge in [0.1, 0.15) is 0 Å². The fraction of sp³-hybridized carbons (Fsp3) is 0.905. The van der Waals surface area contributed by atoms with Crippen LogP contribution in [-0.4, -0.2) is 11.3 Å². The highest BCUT2D eigenvalue weighted by molar-refractivity contribution is 7.48. The second-order valence-electron chi connectivity index (χ2n) is 8.18. The fourth-order valence-electron chi connectivity index (χ4n) is 4.76. The van der Waals surface area contributed by atoms with E-state index < -0.39 is 0 Å². The maximum Gasteiger partial charge on any atom is -0.0199 e. The number of hydrogen-bond donors (Lipinski definition) is 0. The van der Waals surface area contributed by atoms with Crippen molar-refractivity contribution in [3.05, 3.63) is 10.6 Å². The van der Waals surface area contributed by atoms with E-state index in [1.807, 2.05) is 10.6 Å². The molecule has 0 aromatic carbocycles. The van der Waals surface area contributed by atoms with Gasteiger partial charge in [-0.3, -0.25) is 0 Å². The lowest BCUT2D eigenvalue weighted by molar-refractivity contribution is 0.511. The van der Waals surface area contributed by atoms with Gasteiger partial charge in [0, 0.05) is 0 Å². The van der Waals surface area contributed by atoms with Gasteiger partial charge in [-0.25, -0.2) is 0 Å². The molecule has 2 unspecified atom stereocenters. The monoisotopic (exact) mass is 352 g/mol. The summed E-state index contributed by atoms with van der Waals surface area (Å²) >= 11 is 0. The Morgan fingerprint density at radius 3 is 1.17 bits per heavy atom. The molecule has 0 bridgehead atoms. The molecule has 3 aliphatic carbocycles. The van der Waals surface area contributed by atoms with E-state index in [0.29, 0.717) is 0 Å². The number of hydrogen-bond acceptors (Lipinski definition) is 0. The Morgan fingerprint density at radius 2 is 0.783 bits per heavy atom. The molecule has 3 aliphatic rings. The van der Waals surface area contributed by atoms with E-state index >= 15 is 0 Å². The molecule has 2 heteroatoms. The molecule has 0 aliphatic heterocycles. The minimum Gasteiger partial charge on any atom is -0.0913 e. The predicted molar refractivity (Wildman–Crippen MR) is 110 cm³/mol. The van der Waals surface area contributed by atoms with Gasteiger partial charge in [-0.2, -0.15) is 0 Å². The normalized spacial score (nSPS) is 27.7. The molecule has 0 amide bonds. The zero-order valence-electron chi connectivity index (χ0n) is 15.2. The molecule has 2 atom stereocenters. The van der Waals surface area contributed by atoms with Crippen LogP contribution in [0.3, 0.4) is 0 Å². The molecular weight excluding hydrogens is 314 g/mol.